The van der Waals surface area contributed by atoms with Gasteiger partial charge in [-0.25, -0.2) is 4.39 Å². The summed E-state index contributed by atoms with van der Waals surface area (Å²) in [5, 5.41) is 3.26. The number of anilines is 1. The van der Waals surface area contributed by atoms with E-state index in [1.807, 2.05) is 31.1 Å². The van der Waals surface area contributed by atoms with Crippen molar-refractivity contribution in [1.29, 1.82) is 0 Å². The van der Waals surface area contributed by atoms with E-state index in [0.717, 1.165) is 6.54 Å². The lowest BCUT2D eigenvalue weighted by molar-refractivity contribution is 0.274. The van der Waals surface area contributed by atoms with Crippen LogP contribution in [0.1, 0.15) is 20.8 Å². The van der Waals surface area contributed by atoms with Gasteiger partial charge in [-0.15, -0.1) is 0 Å². The van der Waals surface area contributed by atoms with E-state index < -0.39 is 0 Å². The standard InChI is InChI=1S/C14H23FN2/c1-11(16-4)14(2,3)10-17(5)13-9-7-6-8-12(13)15/h6-9,11,16H,10H2,1-5H3. The largest absolute Gasteiger partial charge is 0.372 e. The SMILES string of the molecule is CNC(C)C(C)(C)CN(C)c1ccccc1F. The zero-order chi connectivity index (χ0) is 13.1. The number of nitrogens with one attached hydrogen (secondary N) is 1. The van der Waals surface area contributed by atoms with Gasteiger partial charge in [0.2, 0.25) is 0 Å². The van der Waals surface area contributed by atoms with E-state index in [9.17, 15) is 4.39 Å². The van der Waals surface area contributed by atoms with E-state index in [1.54, 1.807) is 6.07 Å². The molecule has 0 spiro atoms. The minimum Gasteiger partial charge on any atom is -0.372 e. The van der Waals surface area contributed by atoms with Crippen LogP contribution in [0.2, 0.25) is 0 Å². The lowest BCUT2D eigenvalue weighted by Gasteiger charge is -2.36. The Morgan fingerprint density at radius 2 is 1.94 bits per heavy atom. The van der Waals surface area contributed by atoms with Gasteiger partial charge in [-0.2, -0.15) is 0 Å². The normalized spacial score (nSPS) is 13.5. The number of rotatable bonds is 5. The van der Waals surface area contributed by atoms with Gasteiger partial charge in [0.1, 0.15) is 5.82 Å². The molecule has 1 N–H and O–H groups in total. The molecule has 0 saturated heterocycles. The number of benzene rings is 1. The minimum atomic E-state index is -0.164. The first-order valence-corrected chi connectivity index (χ1v) is 6.01. The molecular formula is C14H23FN2. The smallest absolute Gasteiger partial charge is 0.146 e. The second kappa shape index (κ2) is 5.50. The maximum Gasteiger partial charge on any atom is 0.146 e. The Labute approximate surface area is 104 Å². The molecule has 1 unspecified atom stereocenters. The summed E-state index contributed by atoms with van der Waals surface area (Å²) in [7, 11) is 3.89. The van der Waals surface area contributed by atoms with Crippen molar-refractivity contribution in [2.75, 3.05) is 25.5 Å². The first-order chi connectivity index (χ1) is 7.88. The topological polar surface area (TPSA) is 15.3 Å². The van der Waals surface area contributed by atoms with Crippen molar-refractivity contribution < 1.29 is 4.39 Å². The molecule has 0 aliphatic carbocycles. The molecule has 1 rings (SSSR count). The molecule has 0 aliphatic heterocycles. The second-order valence-corrected chi connectivity index (χ2v) is 5.31. The van der Waals surface area contributed by atoms with Crippen molar-refractivity contribution in [3.8, 4) is 0 Å². The molecule has 0 saturated carbocycles. The average molecular weight is 238 g/mol. The van der Waals surface area contributed by atoms with Crippen molar-refractivity contribution in [1.82, 2.24) is 5.32 Å². The zero-order valence-electron chi connectivity index (χ0n) is 11.4. The Morgan fingerprint density at radius 3 is 2.47 bits per heavy atom. The molecule has 0 fully saturated rings. The maximum absolute atomic E-state index is 13.6. The summed E-state index contributed by atoms with van der Waals surface area (Å²) in [6.07, 6.45) is 0. The Morgan fingerprint density at radius 1 is 1.35 bits per heavy atom. The highest BCUT2D eigenvalue weighted by Gasteiger charge is 2.26. The Bertz CT molecular complexity index is 363. The van der Waals surface area contributed by atoms with Crippen molar-refractivity contribution in [3.05, 3.63) is 30.1 Å². The fourth-order valence-corrected chi connectivity index (χ4v) is 1.99. The molecule has 0 bridgehead atoms. The van der Waals surface area contributed by atoms with Crippen LogP contribution in [0, 0.1) is 11.2 Å². The maximum atomic E-state index is 13.6. The summed E-state index contributed by atoms with van der Waals surface area (Å²) in [5.74, 6) is -0.164. The third-order valence-corrected chi connectivity index (χ3v) is 3.51. The first kappa shape index (κ1) is 14.0. The van der Waals surface area contributed by atoms with Crippen LogP contribution < -0.4 is 10.2 Å². The molecule has 2 nitrogen and oxygen atoms in total. The first-order valence-electron chi connectivity index (χ1n) is 6.01. The third-order valence-electron chi connectivity index (χ3n) is 3.51. The van der Waals surface area contributed by atoms with Crippen LogP contribution in [-0.4, -0.2) is 26.7 Å². The van der Waals surface area contributed by atoms with Crippen molar-refractivity contribution in [2.45, 2.75) is 26.8 Å². The van der Waals surface area contributed by atoms with E-state index in [1.165, 1.54) is 6.07 Å². The van der Waals surface area contributed by atoms with Gasteiger partial charge >= 0.3 is 0 Å². The summed E-state index contributed by atoms with van der Waals surface area (Å²) >= 11 is 0. The molecule has 0 aromatic heterocycles. The van der Waals surface area contributed by atoms with E-state index in [-0.39, 0.29) is 11.2 Å². The number of nitrogens with zero attached hydrogens (tertiary/aromatic N) is 1. The fraction of sp³-hybridized carbons (Fsp3) is 0.571. The van der Waals surface area contributed by atoms with Crippen LogP contribution in [0.15, 0.2) is 24.3 Å². The van der Waals surface area contributed by atoms with Gasteiger partial charge in [-0.3, -0.25) is 0 Å². The molecule has 3 heteroatoms. The molecule has 1 aromatic carbocycles. The highest BCUT2D eigenvalue weighted by molar-refractivity contribution is 5.46. The van der Waals surface area contributed by atoms with Gasteiger partial charge in [0.25, 0.3) is 0 Å². The number of para-hydroxylation sites is 1. The van der Waals surface area contributed by atoms with Crippen LogP contribution >= 0.6 is 0 Å². The van der Waals surface area contributed by atoms with Crippen LogP contribution in [0.4, 0.5) is 10.1 Å². The van der Waals surface area contributed by atoms with E-state index in [4.69, 9.17) is 0 Å². The fourth-order valence-electron chi connectivity index (χ4n) is 1.99. The van der Waals surface area contributed by atoms with Crippen molar-refractivity contribution in [3.63, 3.8) is 0 Å². The summed E-state index contributed by atoms with van der Waals surface area (Å²) in [4.78, 5) is 1.98. The van der Waals surface area contributed by atoms with Crippen molar-refractivity contribution >= 4 is 5.69 Å². The lowest BCUT2D eigenvalue weighted by Crippen LogP contribution is -2.44. The summed E-state index contributed by atoms with van der Waals surface area (Å²) in [6, 6.07) is 7.27. The molecular weight excluding hydrogens is 215 g/mol. The number of hydrogen-bond acceptors (Lipinski definition) is 2. The highest BCUT2D eigenvalue weighted by Crippen LogP contribution is 2.25. The Balaban J connectivity index is 2.79. The van der Waals surface area contributed by atoms with Gasteiger partial charge in [0, 0.05) is 19.6 Å². The Kier molecular flexibility index (Phi) is 4.52. The highest BCUT2D eigenvalue weighted by atomic mass is 19.1. The summed E-state index contributed by atoms with van der Waals surface area (Å²) < 4.78 is 13.6. The Hall–Kier alpha value is -1.09. The molecule has 17 heavy (non-hydrogen) atoms. The second-order valence-electron chi connectivity index (χ2n) is 5.31. The number of hydrogen-bond donors (Lipinski definition) is 1. The predicted molar refractivity (Wildman–Crippen MR) is 72.0 cm³/mol. The third kappa shape index (κ3) is 3.43. The average Bonchev–Trinajstić information content (AvgIpc) is 2.27. The lowest BCUT2D eigenvalue weighted by atomic mass is 9.85. The molecule has 1 aromatic rings. The molecule has 96 valence electrons. The molecule has 1 atom stereocenters. The van der Waals surface area contributed by atoms with Gasteiger partial charge < -0.3 is 10.2 Å². The van der Waals surface area contributed by atoms with Gasteiger partial charge in [0.15, 0.2) is 0 Å². The summed E-state index contributed by atoms with van der Waals surface area (Å²) in [6.45, 7) is 7.32. The van der Waals surface area contributed by atoms with Crippen LogP contribution in [0.25, 0.3) is 0 Å². The van der Waals surface area contributed by atoms with Crippen molar-refractivity contribution in [2.24, 2.45) is 5.41 Å². The quantitative estimate of drug-likeness (QED) is 0.848. The zero-order valence-corrected chi connectivity index (χ0v) is 11.4. The van der Waals surface area contributed by atoms with Crippen LogP contribution in [0.5, 0.6) is 0 Å². The van der Waals surface area contributed by atoms with E-state index >= 15 is 0 Å². The van der Waals surface area contributed by atoms with Gasteiger partial charge in [0.05, 0.1) is 5.69 Å². The number of halogens is 1. The molecule has 0 aliphatic rings. The predicted octanol–water partition coefficient (Wildman–Crippen LogP) is 2.90. The van der Waals surface area contributed by atoms with E-state index in [2.05, 4.69) is 26.1 Å². The van der Waals surface area contributed by atoms with E-state index in [0.29, 0.717) is 11.7 Å². The van der Waals surface area contributed by atoms with Crippen LogP contribution in [0.3, 0.4) is 0 Å². The summed E-state index contributed by atoms with van der Waals surface area (Å²) in [5.41, 5.74) is 0.732. The molecule has 0 amide bonds. The molecule has 0 radical (unpaired) electrons. The minimum absolute atomic E-state index is 0.0752. The molecule has 0 heterocycles. The van der Waals surface area contributed by atoms with Gasteiger partial charge in [-0.05, 0) is 31.5 Å². The van der Waals surface area contributed by atoms with Gasteiger partial charge in [-0.1, -0.05) is 26.0 Å². The monoisotopic (exact) mass is 238 g/mol. The van der Waals surface area contributed by atoms with Crippen LogP contribution in [-0.2, 0) is 0 Å².